The van der Waals surface area contributed by atoms with Gasteiger partial charge < -0.3 is 20.4 Å². The smallest absolute Gasteiger partial charge is 0.336 e. The molecule has 0 aliphatic rings. The molecule has 0 spiro atoms. The topological polar surface area (TPSA) is 115 Å². The molecule has 2 unspecified atom stereocenters. The molecular formula is C11H12O6. The van der Waals surface area contributed by atoms with Gasteiger partial charge >= 0.3 is 11.9 Å². The lowest BCUT2D eigenvalue weighted by Crippen LogP contribution is -2.28. The van der Waals surface area contributed by atoms with Gasteiger partial charge in [-0.3, -0.25) is 0 Å². The summed E-state index contributed by atoms with van der Waals surface area (Å²) in [7, 11) is 0. The van der Waals surface area contributed by atoms with Crippen molar-refractivity contribution >= 4 is 11.9 Å². The molecule has 1 rings (SSSR count). The second-order valence-electron chi connectivity index (χ2n) is 3.62. The molecule has 4 N–H and O–H groups in total. The standard InChI is InChI=1S/C11H12O6/c1-5-2-3-6(7(4-5)10(14)15)8(12)9(13)11(16)17/h2-4,8-9,12-13H,1H3,(H,14,15)(H,16,17). The minimum absolute atomic E-state index is 0.127. The van der Waals surface area contributed by atoms with Crippen molar-refractivity contribution in [2.75, 3.05) is 0 Å². The van der Waals surface area contributed by atoms with Crippen molar-refractivity contribution in [3.8, 4) is 0 Å². The van der Waals surface area contributed by atoms with Gasteiger partial charge in [0.05, 0.1) is 5.56 Å². The number of hydrogen-bond donors (Lipinski definition) is 4. The first-order valence-corrected chi connectivity index (χ1v) is 4.77. The van der Waals surface area contributed by atoms with Crippen LogP contribution in [0.4, 0.5) is 0 Å². The Morgan fingerprint density at radius 1 is 1.18 bits per heavy atom. The number of rotatable bonds is 4. The van der Waals surface area contributed by atoms with E-state index >= 15 is 0 Å². The lowest BCUT2D eigenvalue weighted by atomic mass is 9.97. The van der Waals surface area contributed by atoms with Gasteiger partial charge in [-0.2, -0.15) is 0 Å². The first-order valence-electron chi connectivity index (χ1n) is 4.77. The van der Waals surface area contributed by atoms with Crippen LogP contribution in [0.2, 0.25) is 0 Å². The van der Waals surface area contributed by atoms with E-state index in [1.54, 1.807) is 6.92 Å². The molecule has 17 heavy (non-hydrogen) atoms. The summed E-state index contributed by atoms with van der Waals surface area (Å²) in [4.78, 5) is 21.4. The van der Waals surface area contributed by atoms with Gasteiger partial charge in [0.25, 0.3) is 0 Å². The zero-order valence-corrected chi connectivity index (χ0v) is 8.99. The Kier molecular flexibility index (Phi) is 3.82. The van der Waals surface area contributed by atoms with Crippen molar-refractivity contribution in [1.29, 1.82) is 0 Å². The molecule has 0 aliphatic heterocycles. The van der Waals surface area contributed by atoms with Crippen LogP contribution in [-0.4, -0.2) is 38.5 Å². The molecule has 0 saturated heterocycles. The molecule has 0 aliphatic carbocycles. The van der Waals surface area contributed by atoms with E-state index in [2.05, 4.69) is 0 Å². The van der Waals surface area contributed by atoms with Crippen LogP contribution in [0.15, 0.2) is 18.2 Å². The number of hydrogen-bond acceptors (Lipinski definition) is 4. The molecule has 1 aromatic carbocycles. The SMILES string of the molecule is Cc1ccc(C(O)C(O)C(=O)O)c(C(=O)O)c1. The summed E-state index contributed by atoms with van der Waals surface area (Å²) in [6.45, 7) is 1.66. The van der Waals surface area contributed by atoms with Gasteiger partial charge in [-0.1, -0.05) is 17.7 Å². The van der Waals surface area contributed by atoms with Crippen LogP contribution >= 0.6 is 0 Å². The molecule has 92 valence electrons. The van der Waals surface area contributed by atoms with Gasteiger partial charge in [0.15, 0.2) is 6.10 Å². The Labute approximate surface area is 96.8 Å². The Bertz CT molecular complexity index is 453. The zero-order valence-electron chi connectivity index (χ0n) is 8.99. The maximum absolute atomic E-state index is 10.9. The molecule has 2 atom stereocenters. The van der Waals surface area contributed by atoms with Gasteiger partial charge in [0.2, 0.25) is 0 Å². The molecule has 0 saturated carbocycles. The quantitative estimate of drug-likeness (QED) is 0.596. The number of carboxylic acids is 2. The van der Waals surface area contributed by atoms with Crippen LogP contribution in [0.3, 0.4) is 0 Å². The molecule has 0 aromatic heterocycles. The minimum atomic E-state index is -2.06. The van der Waals surface area contributed by atoms with Crippen molar-refractivity contribution in [2.24, 2.45) is 0 Å². The molecule has 0 radical (unpaired) electrons. The number of aryl methyl sites for hydroxylation is 1. The monoisotopic (exact) mass is 240 g/mol. The van der Waals surface area contributed by atoms with E-state index in [-0.39, 0.29) is 11.1 Å². The fourth-order valence-electron chi connectivity index (χ4n) is 1.42. The molecule has 6 heteroatoms. The molecular weight excluding hydrogens is 228 g/mol. The highest BCUT2D eigenvalue weighted by molar-refractivity contribution is 5.90. The number of aromatic carboxylic acids is 1. The maximum atomic E-state index is 10.9. The number of aliphatic hydroxyl groups excluding tert-OH is 2. The van der Waals surface area contributed by atoms with E-state index in [0.717, 1.165) is 0 Å². The second-order valence-corrected chi connectivity index (χ2v) is 3.62. The molecule has 0 bridgehead atoms. The number of carboxylic acid groups (broad SMARTS) is 2. The average molecular weight is 240 g/mol. The first kappa shape index (κ1) is 13.1. The van der Waals surface area contributed by atoms with Gasteiger partial charge in [-0.25, -0.2) is 9.59 Å². The van der Waals surface area contributed by atoms with Crippen LogP contribution < -0.4 is 0 Å². The van der Waals surface area contributed by atoms with Crippen LogP contribution in [-0.2, 0) is 4.79 Å². The first-order chi connectivity index (χ1) is 7.84. The van der Waals surface area contributed by atoms with Crippen molar-refractivity contribution in [3.63, 3.8) is 0 Å². The summed E-state index contributed by atoms with van der Waals surface area (Å²) in [6, 6.07) is 4.12. The Morgan fingerprint density at radius 3 is 2.24 bits per heavy atom. The summed E-state index contributed by atoms with van der Waals surface area (Å²) in [5.74, 6) is -2.91. The van der Waals surface area contributed by atoms with Crippen LogP contribution in [0, 0.1) is 6.92 Å². The van der Waals surface area contributed by atoms with Crippen molar-refractivity contribution in [1.82, 2.24) is 0 Å². The van der Waals surface area contributed by atoms with Crippen molar-refractivity contribution in [2.45, 2.75) is 19.1 Å². The van der Waals surface area contributed by atoms with Gasteiger partial charge in [-0.15, -0.1) is 0 Å². The summed E-state index contributed by atoms with van der Waals surface area (Å²) in [6.07, 6.45) is -3.84. The molecule has 0 heterocycles. The zero-order chi connectivity index (χ0) is 13.2. The number of benzene rings is 1. The van der Waals surface area contributed by atoms with Gasteiger partial charge in [0.1, 0.15) is 6.10 Å². The predicted octanol–water partition coefficient (Wildman–Crippen LogP) is 0.172. The molecule has 6 nitrogen and oxygen atoms in total. The number of carbonyl (C=O) groups is 2. The lowest BCUT2D eigenvalue weighted by Gasteiger charge is -2.16. The maximum Gasteiger partial charge on any atom is 0.336 e. The molecule has 1 aromatic rings. The van der Waals surface area contributed by atoms with Gasteiger partial charge in [0, 0.05) is 0 Å². The average Bonchev–Trinajstić information content (AvgIpc) is 2.26. The Hall–Kier alpha value is -1.92. The minimum Gasteiger partial charge on any atom is -0.479 e. The van der Waals surface area contributed by atoms with Crippen molar-refractivity contribution in [3.05, 3.63) is 34.9 Å². The largest absolute Gasteiger partial charge is 0.479 e. The summed E-state index contributed by atoms with van der Waals surface area (Å²) in [5, 5.41) is 36.2. The fourth-order valence-corrected chi connectivity index (χ4v) is 1.42. The number of aliphatic hydroxyl groups is 2. The van der Waals surface area contributed by atoms with E-state index in [0.29, 0.717) is 5.56 Å². The number of aliphatic carboxylic acids is 1. The van der Waals surface area contributed by atoms with Crippen LogP contribution in [0.25, 0.3) is 0 Å². The van der Waals surface area contributed by atoms with E-state index in [9.17, 15) is 19.8 Å². The van der Waals surface area contributed by atoms with Crippen LogP contribution in [0.5, 0.6) is 0 Å². The predicted molar refractivity (Wildman–Crippen MR) is 56.7 cm³/mol. The summed E-state index contributed by atoms with van der Waals surface area (Å²) < 4.78 is 0. The summed E-state index contributed by atoms with van der Waals surface area (Å²) in [5.41, 5.74) is 0.305. The Morgan fingerprint density at radius 2 is 1.76 bits per heavy atom. The van der Waals surface area contributed by atoms with E-state index < -0.39 is 24.1 Å². The highest BCUT2D eigenvalue weighted by Crippen LogP contribution is 2.22. The molecule has 0 fully saturated rings. The van der Waals surface area contributed by atoms with Crippen LogP contribution in [0.1, 0.15) is 27.6 Å². The fraction of sp³-hybridized carbons (Fsp3) is 0.273. The third-order valence-corrected chi connectivity index (χ3v) is 2.31. The highest BCUT2D eigenvalue weighted by Gasteiger charge is 2.28. The highest BCUT2D eigenvalue weighted by atomic mass is 16.4. The Balaban J connectivity index is 3.21. The second kappa shape index (κ2) is 4.94. The third-order valence-electron chi connectivity index (χ3n) is 2.31. The van der Waals surface area contributed by atoms with Gasteiger partial charge in [-0.05, 0) is 18.6 Å². The third kappa shape index (κ3) is 2.80. The normalized spacial score (nSPS) is 14.1. The molecule has 0 amide bonds. The van der Waals surface area contributed by atoms with E-state index in [1.165, 1.54) is 18.2 Å². The lowest BCUT2D eigenvalue weighted by molar-refractivity contribution is -0.153. The van der Waals surface area contributed by atoms with Crippen molar-refractivity contribution < 1.29 is 30.0 Å². The summed E-state index contributed by atoms with van der Waals surface area (Å²) >= 11 is 0. The van der Waals surface area contributed by atoms with E-state index in [4.69, 9.17) is 10.2 Å². The van der Waals surface area contributed by atoms with E-state index in [1.807, 2.05) is 0 Å².